The largest absolute Gasteiger partial charge is 0.399 e. The maximum absolute atomic E-state index is 11.9. The molecule has 0 spiro atoms. The first-order chi connectivity index (χ1) is 9.16. The summed E-state index contributed by atoms with van der Waals surface area (Å²) in [6, 6.07) is 17.1. The first-order valence-corrected chi connectivity index (χ1v) is 6.35. The van der Waals surface area contributed by atoms with E-state index in [1.54, 1.807) is 24.3 Å². The molecule has 98 valence electrons. The Kier molecular flexibility index (Phi) is 4.18. The van der Waals surface area contributed by atoms with Gasteiger partial charge in [0.2, 0.25) is 0 Å². The van der Waals surface area contributed by atoms with Gasteiger partial charge in [0.15, 0.2) is 0 Å². The maximum atomic E-state index is 11.9. The molecular formula is C16H18N2O. The molecule has 1 atom stereocenters. The van der Waals surface area contributed by atoms with Crippen LogP contribution in [0.5, 0.6) is 0 Å². The number of carbonyl (C=O) groups is 1. The van der Waals surface area contributed by atoms with Gasteiger partial charge in [0.25, 0.3) is 5.91 Å². The standard InChI is InChI=1S/C16H18N2O/c1-12(13-5-3-2-4-6-13)11-18-16(19)14-7-9-15(17)10-8-14/h2-10,12H,11,17H2,1H3,(H,18,19)/t12-/m0/s1. The first kappa shape index (κ1) is 13.1. The minimum Gasteiger partial charge on any atom is -0.399 e. The second-order valence-corrected chi connectivity index (χ2v) is 4.64. The summed E-state index contributed by atoms with van der Waals surface area (Å²) in [6.45, 7) is 2.71. The Morgan fingerprint density at radius 3 is 2.37 bits per heavy atom. The SMILES string of the molecule is C[C@@H](CNC(=O)c1ccc(N)cc1)c1ccccc1. The fourth-order valence-corrected chi connectivity index (χ4v) is 1.88. The lowest BCUT2D eigenvalue weighted by atomic mass is 10.0. The lowest BCUT2D eigenvalue weighted by Gasteiger charge is -2.13. The molecule has 0 radical (unpaired) electrons. The van der Waals surface area contributed by atoms with Crippen molar-refractivity contribution in [2.75, 3.05) is 12.3 Å². The van der Waals surface area contributed by atoms with E-state index in [1.807, 2.05) is 18.2 Å². The third kappa shape index (κ3) is 3.58. The first-order valence-electron chi connectivity index (χ1n) is 6.35. The average molecular weight is 254 g/mol. The van der Waals surface area contributed by atoms with Crippen LogP contribution in [0.2, 0.25) is 0 Å². The Hall–Kier alpha value is -2.29. The highest BCUT2D eigenvalue weighted by Gasteiger charge is 2.08. The van der Waals surface area contributed by atoms with Crippen molar-refractivity contribution >= 4 is 11.6 Å². The van der Waals surface area contributed by atoms with Crippen LogP contribution >= 0.6 is 0 Å². The Labute approximate surface area is 113 Å². The normalized spacial score (nSPS) is 11.8. The Balaban J connectivity index is 1.92. The molecule has 0 aliphatic carbocycles. The molecule has 0 fully saturated rings. The second-order valence-electron chi connectivity index (χ2n) is 4.64. The molecule has 0 saturated carbocycles. The summed E-state index contributed by atoms with van der Waals surface area (Å²) in [5.74, 6) is 0.224. The number of benzene rings is 2. The fraction of sp³-hybridized carbons (Fsp3) is 0.188. The molecule has 2 aromatic carbocycles. The highest BCUT2D eigenvalue weighted by Crippen LogP contribution is 2.13. The highest BCUT2D eigenvalue weighted by atomic mass is 16.1. The number of nitrogen functional groups attached to an aromatic ring is 1. The molecule has 1 amide bonds. The lowest BCUT2D eigenvalue weighted by Crippen LogP contribution is -2.27. The molecule has 0 aromatic heterocycles. The van der Waals surface area contributed by atoms with E-state index in [-0.39, 0.29) is 5.91 Å². The third-order valence-corrected chi connectivity index (χ3v) is 3.11. The van der Waals surface area contributed by atoms with Crippen molar-refractivity contribution in [3.05, 3.63) is 65.7 Å². The fourth-order valence-electron chi connectivity index (χ4n) is 1.88. The Morgan fingerprint density at radius 2 is 1.74 bits per heavy atom. The zero-order chi connectivity index (χ0) is 13.7. The van der Waals surface area contributed by atoms with Gasteiger partial charge < -0.3 is 11.1 Å². The molecule has 19 heavy (non-hydrogen) atoms. The van der Waals surface area contributed by atoms with Crippen LogP contribution in [0, 0.1) is 0 Å². The number of carbonyl (C=O) groups excluding carboxylic acids is 1. The zero-order valence-electron chi connectivity index (χ0n) is 11.0. The molecular weight excluding hydrogens is 236 g/mol. The van der Waals surface area contributed by atoms with Gasteiger partial charge in [-0.1, -0.05) is 37.3 Å². The van der Waals surface area contributed by atoms with Crippen LogP contribution in [0.3, 0.4) is 0 Å². The van der Waals surface area contributed by atoms with Crippen molar-refractivity contribution in [3.8, 4) is 0 Å². The van der Waals surface area contributed by atoms with E-state index in [0.717, 1.165) is 0 Å². The lowest BCUT2D eigenvalue weighted by molar-refractivity contribution is 0.0951. The van der Waals surface area contributed by atoms with Crippen molar-refractivity contribution in [1.82, 2.24) is 5.32 Å². The average Bonchev–Trinajstić information content (AvgIpc) is 2.46. The number of hydrogen-bond acceptors (Lipinski definition) is 2. The smallest absolute Gasteiger partial charge is 0.251 e. The van der Waals surface area contributed by atoms with Crippen LogP contribution in [0.25, 0.3) is 0 Å². The minimum atomic E-state index is -0.0669. The van der Waals surface area contributed by atoms with Crippen molar-refractivity contribution in [2.45, 2.75) is 12.8 Å². The molecule has 0 heterocycles. The van der Waals surface area contributed by atoms with Gasteiger partial charge in [-0.25, -0.2) is 0 Å². The number of rotatable bonds is 4. The van der Waals surface area contributed by atoms with Crippen molar-refractivity contribution in [2.24, 2.45) is 0 Å². The molecule has 0 saturated heterocycles. The van der Waals surface area contributed by atoms with Crippen LogP contribution < -0.4 is 11.1 Å². The van der Waals surface area contributed by atoms with Gasteiger partial charge in [-0.15, -0.1) is 0 Å². The van der Waals surface area contributed by atoms with E-state index in [9.17, 15) is 4.79 Å². The molecule has 3 N–H and O–H groups in total. The molecule has 3 nitrogen and oxygen atoms in total. The molecule has 0 aliphatic rings. The van der Waals surface area contributed by atoms with Gasteiger partial charge in [0.05, 0.1) is 0 Å². The maximum Gasteiger partial charge on any atom is 0.251 e. The topological polar surface area (TPSA) is 55.1 Å². The molecule has 2 aromatic rings. The van der Waals surface area contributed by atoms with E-state index in [4.69, 9.17) is 5.73 Å². The molecule has 0 unspecified atom stereocenters. The van der Waals surface area contributed by atoms with Gasteiger partial charge in [0, 0.05) is 17.8 Å². The predicted molar refractivity (Wildman–Crippen MR) is 78.0 cm³/mol. The number of amides is 1. The van der Waals surface area contributed by atoms with E-state index < -0.39 is 0 Å². The van der Waals surface area contributed by atoms with Gasteiger partial charge in [-0.3, -0.25) is 4.79 Å². The number of hydrogen-bond donors (Lipinski definition) is 2. The number of nitrogens with two attached hydrogens (primary N) is 1. The minimum absolute atomic E-state index is 0.0669. The highest BCUT2D eigenvalue weighted by molar-refractivity contribution is 5.94. The quantitative estimate of drug-likeness (QED) is 0.824. The Bertz CT molecular complexity index is 534. The van der Waals surface area contributed by atoms with Crippen LogP contribution in [-0.4, -0.2) is 12.5 Å². The second kappa shape index (κ2) is 6.05. The van der Waals surface area contributed by atoms with Crippen LogP contribution in [0.15, 0.2) is 54.6 Å². The van der Waals surface area contributed by atoms with Gasteiger partial charge >= 0.3 is 0 Å². The molecule has 0 bridgehead atoms. The summed E-state index contributed by atoms with van der Waals surface area (Å²) in [6.07, 6.45) is 0. The van der Waals surface area contributed by atoms with Gasteiger partial charge in [-0.2, -0.15) is 0 Å². The zero-order valence-corrected chi connectivity index (χ0v) is 11.0. The predicted octanol–water partition coefficient (Wildman–Crippen LogP) is 2.80. The van der Waals surface area contributed by atoms with Crippen molar-refractivity contribution in [3.63, 3.8) is 0 Å². The summed E-state index contributed by atoms with van der Waals surface area (Å²) in [7, 11) is 0. The summed E-state index contributed by atoms with van der Waals surface area (Å²) in [5.41, 5.74) is 8.11. The number of anilines is 1. The van der Waals surface area contributed by atoms with Crippen molar-refractivity contribution in [1.29, 1.82) is 0 Å². The van der Waals surface area contributed by atoms with Crippen LogP contribution in [-0.2, 0) is 0 Å². The van der Waals surface area contributed by atoms with Gasteiger partial charge in [0.1, 0.15) is 0 Å². The van der Waals surface area contributed by atoms with Crippen LogP contribution in [0.4, 0.5) is 5.69 Å². The monoisotopic (exact) mass is 254 g/mol. The third-order valence-electron chi connectivity index (χ3n) is 3.11. The summed E-state index contributed by atoms with van der Waals surface area (Å²) in [4.78, 5) is 11.9. The van der Waals surface area contributed by atoms with E-state index >= 15 is 0 Å². The molecule has 2 rings (SSSR count). The van der Waals surface area contributed by atoms with E-state index in [0.29, 0.717) is 23.7 Å². The Morgan fingerprint density at radius 1 is 1.11 bits per heavy atom. The molecule has 3 heteroatoms. The van der Waals surface area contributed by atoms with Crippen LogP contribution in [0.1, 0.15) is 28.8 Å². The number of nitrogens with one attached hydrogen (secondary N) is 1. The van der Waals surface area contributed by atoms with E-state index in [1.165, 1.54) is 5.56 Å². The van der Waals surface area contributed by atoms with Gasteiger partial charge in [-0.05, 0) is 35.7 Å². The molecule has 0 aliphatic heterocycles. The summed E-state index contributed by atoms with van der Waals surface area (Å²) < 4.78 is 0. The summed E-state index contributed by atoms with van der Waals surface area (Å²) in [5, 5.41) is 2.94. The summed E-state index contributed by atoms with van der Waals surface area (Å²) >= 11 is 0. The van der Waals surface area contributed by atoms with Crippen molar-refractivity contribution < 1.29 is 4.79 Å². The van der Waals surface area contributed by atoms with E-state index in [2.05, 4.69) is 24.4 Å².